The Morgan fingerprint density at radius 3 is 2.29 bits per heavy atom. The summed E-state index contributed by atoms with van der Waals surface area (Å²) in [6.45, 7) is 12.2. The monoisotopic (exact) mass is 560 g/mol. The van der Waals surface area contributed by atoms with E-state index in [2.05, 4.69) is 58.9 Å². The smallest absolute Gasteiger partial charge is 0.163 e. The average molecular weight is 561 g/mol. The van der Waals surface area contributed by atoms with Crippen molar-refractivity contribution in [1.82, 2.24) is 0 Å². The number of fused-ring (bicyclic) bond motifs is 1. The molecule has 3 aliphatic carbocycles. The molecule has 41 heavy (non-hydrogen) atoms. The molecule has 3 aliphatic rings. The van der Waals surface area contributed by atoms with Gasteiger partial charge in [0.1, 0.15) is 11.6 Å². The minimum atomic E-state index is -0.0881. The molecule has 4 rings (SSSR count). The molecule has 3 nitrogen and oxygen atoms in total. The Morgan fingerprint density at radius 2 is 1.71 bits per heavy atom. The molecule has 0 aliphatic heterocycles. The van der Waals surface area contributed by atoms with Gasteiger partial charge in [0, 0.05) is 17.9 Å². The zero-order chi connectivity index (χ0) is 29.9. The van der Waals surface area contributed by atoms with E-state index in [1.165, 1.54) is 73.3 Å². The Kier molecular flexibility index (Phi) is 13.3. The molecule has 226 valence electrons. The normalized spacial score (nSPS) is 20.1. The fraction of sp³-hybridized carbons (Fsp3) is 0.658. The zero-order valence-electron chi connectivity index (χ0n) is 27.0. The number of ketones is 3. The molecular formula is C38H56O3. The van der Waals surface area contributed by atoms with Crippen molar-refractivity contribution in [3.8, 4) is 0 Å². The van der Waals surface area contributed by atoms with Gasteiger partial charge in [0.25, 0.3) is 0 Å². The van der Waals surface area contributed by atoms with Gasteiger partial charge in [-0.1, -0.05) is 103 Å². The van der Waals surface area contributed by atoms with Crippen molar-refractivity contribution < 1.29 is 14.4 Å². The number of allylic oxidation sites excluding steroid dienone is 4. The van der Waals surface area contributed by atoms with Crippen LogP contribution in [-0.4, -0.2) is 17.3 Å². The third-order valence-electron chi connectivity index (χ3n) is 9.50. The van der Waals surface area contributed by atoms with E-state index in [1.807, 2.05) is 0 Å². The molecule has 0 saturated heterocycles. The van der Waals surface area contributed by atoms with E-state index in [0.717, 1.165) is 56.4 Å². The molecule has 3 unspecified atom stereocenters. The highest BCUT2D eigenvalue weighted by atomic mass is 16.1. The quantitative estimate of drug-likeness (QED) is 0.239. The lowest BCUT2D eigenvalue weighted by molar-refractivity contribution is -0.129. The summed E-state index contributed by atoms with van der Waals surface area (Å²) in [6, 6.07) is 2.43. The first kappa shape index (κ1) is 33.2. The summed E-state index contributed by atoms with van der Waals surface area (Å²) >= 11 is 0. The van der Waals surface area contributed by atoms with Crippen molar-refractivity contribution in [2.45, 2.75) is 138 Å². The lowest BCUT2D eigenvalue weighted by Crippen LogP contribution is -2.30. The van der Waals surface area contributed by atoms with Crippen LogP contribution in [0.5, 0.6) is 0 Å². The molecule has 0 N–H and O–H groups in total. The minimum Gasteiger partial charge on any atom is -0.300 e. The third-order valence-corrected chi connectivity index (χ3v) is 9.50. The molecule has 0 radical (unpaired) electrons. The molecule has 0 aromatic heterocycles. The van der Waals surface area contributed by atoms with Gasteiger partial charge in [-0.15, -0.1) is 0 Å². The van der Waals surface area contributed by atoms with E-state index < -0.39 is 0 Å². The number of hydrogen-bond acceptors (Lipinski definition) is 3. The molecule has 3 heteroatoms. The number of carbonyl (C=O) groups excluding carboxylic acids is 3. The highest BCUT2D eigenvalue weighted by Crippen LogP contribution is 2.41. The van der Waals surface area contributed by atoms with E-state index in [-0.39, 0.29) is 35.7 Å². The largest absolute Gasteiger partial charge is 0.300 e. The molecule has 0 spiro atoms. The predicted octanol–water partition coefficient (Wildman–Crippen LogP) is 10.0. The lowest BCUT2D eigenvalue weighted by atomic mass is 9.70. The van der Waals surface area contributed by atoms with Crippen LogP contribution in [0.1, 0.15) is 151 Å². The van der Waals surface area contributed by atoms with Crippen LogP contribution in [0.3, 0.4) is 0 Å². The van der Waals surface area contributed by atoms with Gasteiger partial charge in [-0.05, 0) is 91.5 Å². The van der Waals surface area contributed by atoms with Gasteiger partial charge in [-0.25, -0.2) is 0 Å². The lowest BCUT2D eigenvalue weighted by Gasteiger charge is -2.33. The summed E-state index contributed by atoms with van der Waals surface area (Å²) in [5.41, 5.74) is 7.38. The second-order valence-corrected chi connectivity index (χ2v) is 13.1. The maximum absolute atomic E-state index is 13.8. The third kappa shape index (κ3) is 8.85. The molecule has 3 atom stereocenters. The summed E-state index contributed by atoms with van der Waals surface area (Å²) in [5.74, 6) is 1.46. The predicted molar refractivity (Wildman–Crippen MR) is 172 cm³/mol. The van der Waals surface area contributed by atoms with Crippen molar-refractivity contribution in [2.75, 3.05) is 0 Å². The fourth-order valence-electron chi connectivity index (χ4n) is 7.68. The van der Waals surface area contributed by atoms with Crippen LogP contribution < -0.4 is 0 Å². The maximum Gasteiger partial charge on any atom is 0.163 e. The van der Waals surface area contributed by atoms with Crippen molar-refractivity contribution in [3.63, 3.8) is 0 Å². The van der Waals surface area contributed by atoms with Gasteiger partial charge < -0.3 is 0 Å². The van der Waals surface area contributed by atoms with Gasteiger partial charge in [0.2, 0.25) is 0 Å². The van der Waals surface area contributed by atoms with Crippen LogP contribution in [0.25, 0.3) is 5.57 Å². The SMILES string of the molecule is CCC.CCCC(CC1CC(=O)c2c(C)c(CC3CCCCC3)cc(C3=CCC=C3)c2C1)C(CC)C(=O)CC(C)=O. The number of hydrogen-bond donors (Lipinski definition) is 0. The number of rotatable bonds is 12. The number of benzene rings is 1. The zero-order valence-corrected chi connectivity index (χ0v) is 27.0. The Bertz CT molecular complexity index is 1110. The summed E-state index contributed by atoms with van der Waals surface area (Å²) in [4.78, 5) is 38.5. The highest BCUT2D eigenvalue weighted by molar-refractivity contribution is 6.02. The van der Waals surface area contributed by atoms with Crippen molar-refractivity contribution in [2.24, 2.45) is 23.7 Å². The molecule has 0 amide bonds. The van der Waals surface area contributed by atoms with Gasteiger partial charge in [-0.2, -0.15) is 0 Å². The van der Waals surface area contributed by atoms with Crippen molar-refractivity contribution in [3.05, 3.63) is 52.1 Å². The molecule has 1 fully saturated rings. The van der Waals surface area contributed by atoms with Crippen LogP contribution >= 0.6 is 0 Å². The number of Topliss-reactive ketones (excluding diaryl/α,β-unsaturated/α-hetero) is 3. The molecule has 1 saturated carbocycles. The van der Waals surface area contributed by atoms with E-state index in [4.69, 9.17) is 0 Å². The summed E-state index contributed by atoms with van der Waals surface area (Å²) in [7, 11) is 0. The Labute approximate surface area is 250 Å². The van der Waals surface area contributed by atoms with Crippen LogP contribution in [0, 0.1) is 30.6 Å². The van der Waals surface area contributed by atoms with Crippen LogP contribution in [0.15, 0.2) is 24.3 Å². The van der Waals surface area contributed by atoms with E-state index in [1.54, 1.807) is 0 Å². The first-order chi connectivity index (χ1) is 19.7. The standard InChI is InChI=1S/C35H48O3.C3H8/c1-5-12-28(30(6-2)33(37)17-23(3)36)19-26-20-32-31(27-15-10-11-16-27)22-29(18-25-13-8-7-9-14-25)24(4)35(32)34(38)21-26;1-3-2/h10,15-16,22,25-26,28,30H,5-9,11-14,17-21H2,1-4H3;3H2,1-2H3. The Balaban J connectivity index is 0.00000147. The molecule has 1 aromatic carbocycles. The molecule has 0 bridgehead atoms. The van der Waals surface area contributed by atoms with Crippen LogP contribution in [-0.2, 0) is 22.4 Å². The fourth-order valence-corrected chi connectivity index (χ4v) is 7.68. The second-order valence-electron chi connectivity index (χ2n) is 13.1. The van der Waals surface area contributed by atoms with Crippen molar-refractivity contribution >= 4 is 22.9 Å². The maximum atomic E-state index is 13.8. The molecular weight excluding hydrogens is 504 g/mol. The van der Waals surface area contributed by atoms with Gasteiger partial charge in [0.15, 0.2) is 5.78 Å². The van der Waals surface area contributed by atoms with Gasteiger partial charge >= 0.3 is 0 Å². The highest BCUT2D eigenvalue weighted by Gasteiger charge is 2.35. The Morgan fingerprint density at radius 1 is 1.00 bits per heavy atom. The van der Waals surface area contributed by atoms with E-state index in [9.17, 15) is 14.4 Å². The Hall–Kier alpha value is -2.29. The van der Waals surface area contributed by atoms with E-state index in [0.29, 0.717) is 12.2 Å². The van der Waals surface area contributed by atoms with Crippen LogP contribution in [0.2, 0.25) is 0 Å². The van der Waals surface area contributed by atoms with E-state index >= 15 is 0 Å². The molecule has 0 heterocycles. The summed E-state index contributed by atoms with van der Waals surface area (Å²) < 4.78 is 0. The minimum absolute atomic E-state index is 0.0404. The molecule has 1 aromatic rings. The topological polar surface area (TPSA) is 51.2 Å². The van der Waals surface area contributed by atoms with Crippen LogP contribution in [0.4, 0.5) is 0 Å². The van der Waals surface area contributed by atoms with Crippen molar-refractivity contribution in [1.29, 1.82) is 0 Å². The first-order valence-corrected chi connectivity index (χ1v) is 16.8. The van der Waals surface area contributed by atoms with Gasteiger partial charge in [-0.3, -0.25) is 14.4 Å². The number of carbonyl (C=O) groups is 3. The second kappa shape index (κ2) is 16.4. The first-order valence-electron chi connectivity index (χ1n) is 16.8. The average Bonchev–Trinajstić information content (AvgIpc) is 3.46. The van der Waals surface area contributed by atoms with Gasteiger partial charge in [0.05, 0.1) is 6.42 Å². The summed E-state index contributed by atoms with van der Waals surface area (Å²) in [5, 5.41) is 0. The summed E-state index contributed by atoms with van der Waals surface area (Å²) in [6.07, 6.45) is 21.9.